The van der Waals surface area contributed by atoms with E-state index in [1.807, 2.05) is 0 Å². The van der Waals surface area contributed by atoms with Crippen LogP contribution in [0.2, 0.25) is 0 Å². The highest BCUT2D eigenvalue weighted by Gasteiger charge is 2.32. The highest BCUT2D eigenvalue weighted by atomic mass is 19.4. The van der Waals surface area contributed by atoms with Gasteiger partial charge in [0.25, 0.3) is 0 Å². The second kappa shape index (κ2) is 8.74. The molecule has 2 atom stereocenters. The first-order valence-electron chi connectivity index (χ1n) is 7.89. The van der Waals surface area contributed by atoms with Gasteiger partial charge in [0.1, 0.15) is 24.6 Å². The number of rotatable bonds is 6. The number of ether oxygens (including phenoxy) is 1. The first-order chi connectivity index (χ1) is 12.7. The lowest BCUT2D eigenvalue weighted by atomic mass is 10.0. The maximum absolute atomic E-state index is 12.6. The van der Waals surface area contributed by atoms with Gasteiger partial charge in [-0.1, -0.05) is 36.4 Å². The van der Waals surface area contributed by atoms with Gasteiger partial charge in [0.15, 0.2) is 0 Å². The van der Waals surface area contributed by atoms with E-state index in [1.165, 1.54) is 0 Å². The van der Waals surface area contributed by atoms with Crippen molar-refractivity contribution in [2.24, 2.45) is 0 Å². The number of phenols is 1. The van der Waals surface area contributed by atoms with E-state index in [1.54, 1.807) is 30.3 Å². The number of benzene rings is 2. The third kappa shape index (κ3) is 5.87. The molecule has 0 aliphatic rings. The van der Waals surface area contributed by atoms with E-state index in [9.17, 15) is 33.3 Å². The van der Waals surface area contributed by atoms with Crippen LogP contribution in [0.5, 0.6) is 5.75 Å². The Bertz CT molecular complexity index is 767. The fourth-order valence-electron chi connectivity index (χ4n) is 2.25. The van der Waals surface area contributed by atoms with E-state index in [0.29, 0.717) is 12.1 Å². The Balaban J connectivity index is 1.88. The zero-order valence-corrected chi connectivity index (χ0v) is 14.0. The highest BCUT2D eigenvalue weighted by molar-refractivity contribution is 5.67. The molecule has 0 radical (unpaired) electrons. The van der Waals surface area contributed by atoms with Crippen LogP contribution in [0.15, 0.2) is 48.5 Å². The molecule has 146 valence electrons. The van der Waals surface area contributed by atoms with Crippen LogP contribution < -0.4 is 5.32 Å². The molecule has 0 bridgehead atoms. The van der Waals surface area contributed by atoms with Crippen LogP contribution in [0.25, 0.3) is 0 Å². The maximum Gasteiger partial charge on any atom is 0.416 e. The molecule has 0 saturated carbocycles. The van der Waals surface area contributed by atoms with Crippen molar-refractivity contribution in [3.8, 4) is 5.75 Å². The zero-order valence-electron chi connectivity index (χ0n) is 14.0. The number of phenolic OH excluding ortho intramolecular Hbond substituents is 1. The van der Waals surface area contributed by atoms with E-state index in [-0.39, 0.29) is 12.2 Å². The topological polar surface area (TPSA) is 99.0 Å². The summed E-state index contributed by atoms with van der Waals surface area (Å²) in [6.45, 7) is -0.430. The number of aromatic hydroxyl groups is 1. The monoisotopic (exact) mass is 385 g/mol. The Hall–Kier alpha value is -2.78. The molecule has 1 amide bonds. The van der Waals surface area contributed by atoms with Crippen molar-refractivity contribution < 1.29 is 38.0 Å². The maximum atomic E-state index is 12.6. The number of nitrogens with one attached hydrogen (secondary N) is 1. The summed E-state index contributed by atoms with van der Waals surface area (Å²) in [4.78, 5) is 11.6. The van der Waals surface area contributed by atoms with Crippen LogP contribution in [0, 0.1) is 0 Å². The molecule has 2 aromatic rings. The van der Waals surface area contributed by atoms with Crippen LogP contribution in [-0.4, -0.2) is 34.1 Å². The number of hydrogen-bond donors (Lipinski definition) is 4. The Morgan fingerprint density at radius 2 is 1.78 bits per heavy atom. The molecule has 9 heteroatoms. The minimum Gasteiger partial charge on any atom is -0.508 e. The zero-order chi connectivity index (χ0) is 20.0. The molecule has 6 nitrogen and oxygen atoms in total. The summed E-state index contributed by atoms with van der Waals surface area (Å²) >= 11 is 0. The van der Waals surface area contributed by atoms with Crippen molar-refractivity contribution in [1.82, 2.24) is 5.32 Å². The van der Waals surface area contributed by atoms with Crippen LogP contribution >= 0.6 is 0 Å². The SMILES string of the molecule is O=C(NCC(O)C(O)c1ccc(C(F)(F)F)cc1O)OCc1ccccc1. The van der Waals surface area contributed by atoms with Gasteiger partial charge in [-0.15, -0.1) is 0 Å². The number of aliphatic hydroxyl groups is 2. The average molecular weight is 385 g/mol. The lowest BCUT2D eigenvalue weighted by molar-refractivity contribution is -0.137. The lowest BCUT2D eigenvalue weighted by Gasteiger charge is -2.20. The average Bonchev–Trinajstić information content (AvgIpc) is 2.63. The summed E-state index contributed by atoms with van der Waals surface area (Å²) in [5.41, 5.74) is -0.633. The minimum absolute atomic E-state index is 0.00497. The number of alkyl carbamates (subject to hydrolysis) is 1. The van der Waals surface area contributed by atoms with Crippen LogP contribution in [0.3, 0.4) is 0 Å². The molecule has 2 aromatic carbocycles. The fraction of sp³-hybridized carbons (Fsp3) is 0.278. The van der Waals surface area contributed by atoms with Gasteiger partial charge >= 0.3 is 12.3 Å². The van der Waals surface area contributed by atoms with Crippen LogP contribution in [0.1, 0.15) is 22.8 Å². The van der Waals surface area contributed by atoms with Crippen molar-refractivity contribution in [3.05, 3.63) is 65.2 Å². The standard InChI is InChI=1S/C18H18F3NO5/c19-18(20,21)12-6-7-13(14(23)8-12)16(25)15(24)9-22-17(26)27-10-11-4-2-1-3-5-11/h1-8,15-16,23-25H,9-10H2,(H,22,26). The summed E-state index contributed by atoms with van der Waals surface area (Å²) in [6, 6.07) is 10.8. The van der Waals surface area contributed by atoms with Gasteiger partial charge in [0.2, 0.25) is 0 Å². The fourth-order valence-corrected chi connectivity index (χ4v) is 2.25. The van der Waals surface area contributed by atoms with E-state index in [4.69, 9.17) is 4.74 Å². The Morgan fingerprint density at radius 1 is 1.11 bits per heavy atom. The molecule has 0 saturated heterocycles. The van der Waals surface area contributed by atoms with Crippen molar-refractivity contribution in [1.29, 1.82) is 0 Å². The normalized spacial score (nSPS) is 13.7. The Labute approximate surface area is 152 Å². The molecular formula is C18H18F3NO5. The van der Waals surface area contributed by atoms with E-state index >= 15 is 0 Å². The van der Waals surface area contributed by atoms with E-state index in [0.717, 1.165) is 11.6 Å². The summed E-state index contributed by atoms with van der Waals surface area (Å²) in [7, 11) is 0. The molecule has 0 fully saturated rings. The molecule has 27 heavy (non-hydrogen) atoms. The second-order valence-corrected chi connectivity index (χ2v) is 5.73. The van der Waals surface area contributed by atoms with Gasteiger partial charge in [0, 0.05) is 12.1 Å². The molecule has 0 aliphatic carbocycles. The van der Waals surface area contributed by atoms with E-state index in [2.05, 4.69) is 5.32 Å². The summed E-state index contributed by atoms with van der Waals surface area (Å²) in [5.74, 6) is -0.817. The van der Waals surface area contributed by atoms with Gasteiger partial charge in [-0.05, 0) is 17.7 Å². The highest BCUT2D eigenvalue weighted by Crippen LogP contribution is 2.35. The predicted octanol–water partition coefficient (Wildman–Crippen LogP) is 2.73. The first-order valence-corrected chi connectivity index (χ1v) is 7.89. The van der Waals surface area contributed by atoms with Crippen LogP contribution in [-0.2, 0) is 17.5 Å². The van der Waals surface area contributed by atoms with Gasteiger partial charge in [-0.2, -0.15) is 13.2 Å². The Kier molecular flexibility index (Phi) is 6.65. The number of halogens is 3. The van der Waals surface area contributed by atoms with Crippen LogP contribution in [0.4, 0.5) is 18.0 Å². The number of carbonyl (C=O) groups excluding carboxylic acids is 1. The van der Waals surface area contributed by atoms with Gasteiger partial charge in [-0.3, -0.25) is 0 Å². The molecule has 2 rings (SSSR count). The third-order valence-corrected chi connectivity index (χ3v) is 3.71. The third-order valence-electron chi connectivity index (χ3n) is 3.71. The lowest BCUT2D eigenvalue weighted by Crippen LogP contribution is -2.35. The smallest absolute Gasteiger partial charge is 0.416 e. The second-order valence-electron chi connectivity index (χ2n) is 5.73. The summed E-state index contributed by atoms with van der Waals surface area (Å²) in [6.07, 6.45) is -8.77. The number of amides is 1. The predicted molar refractivity (Wildman–Crippen MR) is 88.7 cm³/mol. The van der Waals surface area contributed by atoms with Gasteiger partial charge in [-0.25, -0.2) is 4.79 Å². The van der Waals surface area contributed by atoms with Gasteiger partial charge in [0.05, 0.1) is 5.56 Å². The number of alkyl halides is 3. The first kappa shape index (κ1) is 20.5. The van der Waals surface area contributed by atoms with E-state index < -0.39 is 42.3 Å². The largest absolute Gasteiger partial charge is 0.508 e. The van der Waals surface area contributed by atoms with Gasteiger partial charge < -0.3 is 25.4 Å². The molecule has 0 aliphatic heterocycles. The van der Waals surface area contributed by atoms with Crippen molar-refractivity contribution >= 4 is 6.09 Å². The number of aliphatic hydroxyl groups excluding tert-OH is 2. The molecular weight excluding hydrogens is 367 g/mol. The summed E-state index contributed by atoms with van der Waals surface area (Å²) < 4.78 is 42.7. The summed E-state index contributed by atoms with van der Waals surface area (Å²) in [5, 5.41) is 31.8. The quantitative estimate of drug-likeness (QED) is 0.613. The molecule has 2 unspecified atom stereocenters. The van der Waals surface area contributed by atoms with Crippen molar-refractivity contribution in [2.45, 2.75) is 25.0 Å². The number of hydrogen-bond acceptors (Lipinski definition) is 5. The minimum atomic E-state index is -4.65. The number of carbonyl (C=O) groups is 1. The molecule has 0 spiro atoms. The van der Waals surface area contributed by atoms with Crippen molar-refractivity contribution in [3.63, 3.8) is 0 Å². The molecule has 0 aromatic heterocycles. The molecule has 4 N–H and O–H groups in total. The molecule has 0 heterocycles. The Morgan fingerprint density at radius 3 is 2.37 bits per heavy atom. The van der Waals surface area contributed by atoms with Crippen molar-refractivity contribution in [2.75, 3.05) is 6.54 Å².